The van der Waals surface area contributed by atoms with E-state index in [-0.39, 0.29) is 4.90 Å². The molecule has 108 valence electrons. The van der Waals surface area contributed by atoms with Gasteiger partial charge in [0.15, 0.2) is 0 Å². The predicted molar refractivity (Wildman–Crippen MR) is 76.9 cm³/mol. The molecule has 0 saturated heterocycles. The average Bonchev–Trinajstić information content (AvgIpc) is 2.34. The van der Waals surface area contributed by atoms with Crippen LogP contribution in [0.1, 0.15) is 12.5 Å². The molecular formula is C12H19ClN2O3S. The second kappa shape index (κ2) is 6.56. The Kier molecular flexibility index (Phi) is 5.61. The summed E-state index contributed by atoms with van der Waals surface area (Å²) in [7, 11) is -2.08. The molecule has 0 aliphatic rings. The zero-order valence-electron chi connectivity index (χ0n) is 11.3. The summed E-state index contributed by atoms with van der Waals surface area (Å²) in [6, 6.07) is 2.97. The number of anilines is 1. The second-order valence-electron chi connectivity index (χ2n) is 4.11. The third-order valence-corrected chi connectivity index (χ3v) is 5.20. The van der Waals surface area contributed by atoms with Crippen LogP contribution < -0.4 is 5.73 Å². The standard InChI is InChI=1S/C12H19ClN2O3S/c1-4-15(5-6-18-3)19(16,17)12-8-10(13)7-11(14)9(12)2/h7-8H,4-6,14H2,1-3H3. The Morgan fingerprint density at radius 3 is 2.58 bits per heavy atom. The Balaban J connectivity index is 3.25. The molecule has 0 spiro atoms. The molecule has 0 unspecified atom stereocenters. The van der Waals surface area contributed by atoms with Crippen LogP contribution in [0.2, 0.25) is 5.02 Å². The van der Waals surface area contributed by atoms with Crippen molar-refractivity contribution in [3.05, 3.63) is 22.7 Å². The SMILES string of the molecule is CCN(CCOC)S(=O)(=O)c1cc(Cl)cc(N)c1C. The van der Waals surface area contributed by atoms with Crippen LogP contribution in [0.15, 0.2) is 17.0 Å². The van der Waals surface area contributed by atoms with Gasteiger partial charge in [0.2, 0.25) is 10.0 Å². The van der Waals surface area contributed by atoms with E-state index < -0.39 is 10.0 Å². The van der Waals surface area contributed by atoms with Gasteiger partial charge in [-0.15, -0.1) is 0 Å². The molecule has 0 aliphatic heterocycles. The minimum Gasteiger partial charge on any atom is -0.398 e. The van der Waals surface area contributed by atoms with Crippen molar-refractivity contribution in [2.24, 2.45) is 0 Å². The number of hydrogen-bond acceptors (Lipinski definition) is 4. The highest BCUT2D eigenvalue weighted by Gasteiger charge is 2.25. The first-order chi connectivity index (χ1) is 8.84. The zero-order chi connectivity index (χ0) is 14.6. The molecule has 0 aliphatic carbocycles. The van der Waals surface area contributed by atoms with Gasteiger partial charge in [-0.05, 0) is 24.6 Å². The van der Waals surface area contributed by atoms with E-state index >= 15 is 0 Å². The summed E-state index contributed by atoms with van der Waals surface area (Å²) in [6.07, 6.45) is 0. The number of nitrogen functional groups attached to an aromatic ring is 1. The van der Waals surface area contributed by atoms with E-state index in [4.69, 9.17) is 22.1 Å². The molecule has 1 aromatic carbocycles. The van der Waals surface area contributed by atoms with E-state index in [1.54, 1.807) is 19.9 Å². The van der Waals surface area contributed by atoms with E-state index in [1.807, 2.05) is 0 Å². The molecule has 0 amide bonds. The summed E-state index contributed by atoms with van der Waals surface area (Å²) in [5.41, 5.74) is 6.65. The van der Waals surface area contributed by atoms with E-state index in [0.717, 1.165) is 0 Å². The minimum atomic E-state index is -3.61. The Labute approximate surface area is 119 Å². The lowest BCUT2D eigenvalue weighted by Crippen LogP contribution is -2.34. The lowest BCUT2D eigenvalue weighted by molar-refractivity contribution is 0.180. The molecule has 0 aromatic heterocycles. The van der Waals surface area contributed by atoms with E-state index in [1.165, 1.54) is 17.5 Å². The van der Waals surface area contributed by atoms with Crippen molar-refractivity contribution in [3.63, 3.8) is 0 Å². The number of benzene rings is 1. The predicted octanol–water partition coefficient (Wildman–Crippen LogP) is 1.89. The molecule has 0 saturated carbocycles. The summed E-state index contributed by atoms with van der Waals surface area (Å²) >= 11 is 5.89. The number of likely N-dealkylation sites (N-methyl/N-ethyl adjacent to an activating group) is 1. The molecule has 0 heterocycles. The Hall–Kier alpha value is -0.820. The third-order valence-electron chi connectivity index (χ3n) is 2.88. The van der Waals surface area contributed by atoms with Gasteiger partial charge in [0, 0.05) is 30.9 Å². The first kappa shape index (κ1) is 16.2. The third kappa shape index (κ3) is 3.60. The Bertz CT molecular complexity index is 546. The average molecular weight is 307 g/mol. The maximum Gasteiger partial charge on any atom is 0.243 e. The highest BCUT2D eigenvalue weighted by atomic mass is 35.5. The highest BCUT2D eigenvalue weighted by molar-refractivity contribution is 7.89. The monoisotopic (exact) mass is 306 g/mol. The van der Waals surface area contributed by atoms with Crippen LogP contribution in [-0.4, -0.2) is 39.5 Å². The summed E-state index contributed by atoms with van der Waals surface area (Å²) in [5, 5.41) is 0.310. The largest absolute Gasteiger partial charge is 0.398 e. The van der Waals surface area contributed by atoms with Gasteiger partial charge in [-0.1, -0.05) is 18.5 Å². The molecule has 5 nitrogen and oxygen atoms in total. The molecule has 0 fully saturated rings. The fraction of sp³-hybridized carbons (Fsp3) is 0.500. The van der Waals surface area contributed by atoms with Crippen molar-refractivity contribution >= 4 is 27.3 Å². The van der Waals surface area contributed by atoms with Gasteiger partial charge in [0.05, 0.1) is 11.5 Å². The van der Waals surface area contributed by atoms with Gasteiger partial charge in [-0.25, -0.2) is 8.42 Å². The van der Waals surface area contributed by atoms with Crippen LogP contribution in [-0.2, 0) is 14.8 Å². The van der Waals surface area contributed by atoms with Crippen molar-refractivity contribution in [3.8, 4) is 0 Å². The zero-order valence-corrected chi connectivity index (χ0v) is 12.9. The minimum absolute atomic E-state index is 0.149. The van der Waals surface area contributed by atoms with E-state index in [9.17, 15) is 8.42 Å². The number of rotatable bonds is 6. The van der Waals surface area contributed by atoms with Crippen LogP contribution in [0.3, 0.4) is 0 Å². The van der Waals surface area contributed by atoms with Crippen LogP contribution in [0.25, 0.3) is 0 Å². The van der Waals surface area contributed by atoms with Crippen LogP contribution >= 0.6 is 11.6 Å². The van der Waals surface area contributed by atoms with Gasteiger partial charge >= 0.3 is 0 Å². The molecule has 2 N–H and O–H groups in total. The van der Waals surface area contributed by atoms with Gasteiger partial charge in [0.25, 0.3) is 0 Å². The molecule has 0 atom stereocenters. The Morgan fingerprint density at radius 2 is 2.05 bits per heavy atom. The fourth-order valence-electron chi connectivity index (χ4n) is 1.72. The summed E-state index contributed by atoms with van der Waals surface area (Å²) in [6.45, 7) is 4.43. The topological polar surface area (TPSA) is 72.6 Å². The number of nitrogens with zero attached hydrogens (tertiary/aromatic N) is 1. The second-order valence-corrected chi connectivity index (χ2v) is 6.45. The summed E-state index contributed by atoms with van der Waals surface area (Å²) in [4.78, 5) is 0.149. The fourth-order valence-corrected chi connectivity index (χ4v) is 3.73. The molecule has 0 bridgehead atoms. The highest BCUT2D eigenvalue weighted by Crippen LogP contribution is 2.28. The van der Waals surface area contributed by atoms with Gasteiger partial charge < -0.3 is 10.5 Å². The van der Waals surface area contributed by atoms with Crippen molar-refractivity contribution < 1.29 is 13.2 Å². The lowest BCUT2D eigenvalue weighted by Gasteiger charge is -2.21. The molecule has 1 rings (SSSR count). The first-order valence-electron chi connectivity index (χ1n) is 5.89. The number of methoxy groups -OCH3 is 1. The molecule has 19 heavy (non-hydrogen) atoms. The molecule has 7 heteroatoms. The summed E-state index contributed by atoms with van der Waals surface area (Å²) < 4.78 is 31.4. The summed E-state index contributed by atoms with van der Waals surface area (Å²) in [5.74, 6) is 0. The van der Waals surface area contributed by atoms with Gasteiger partial charge in [-0.3, -0.25) is 0 Å². The number of sulfonamides is 1. The van der Waals surface area contributed by atoms with Crippen molar-refractivity contribution in [1.29, 1.82) is 0 Å². The quantitative estimate of drug-likeness (QED) is 0.815. The van der Waals surface area contributed by atoms with Crippen molar-refractivity contribution in [1.82, 2.24) is 4.31 Å². The van der Waals surface area contributed by atoms with E-state index in [0.29, 0.717) is 36.0 Å². The Morgan fingerprint density at radius 1 is 1.42 bits per heavy atom. The molecule has 0 radical (unpaired) electrons. The van der Waals surface area contributed by atoms with Crippen molar-refractivity contribution in [2.45, 2.75) is 18.7 Å². The van der Waals surface area contributed by atoms with Crippen molar-refractivity contribution in [2.75, 3.05) is 32.5 Å². The first-order valence-corrected chi connectivity index (χ1v) is 7.71. The normalized spacial score (nSPS) is 12.1. The molecule has 1 aromatic rings. The van der Waals surface area contributed by atoms with Gasteiger partial charge in [0.1, 0.15) is 0 Å². The number of nitrogens with two attached hydrogens (primary N) is 1. The molecular weight excluding hydrogens is 288 g/mol. The lowest BCUT2D eigenvalue weighted by atomic mass is 10.2. The number of ether oxygens (including phenoxy) is 1. The maximum absolute atomic E-state index is 12.6. The number of hydrogen-bond donors (Lipinski definition) is 1. The smallest absolute Gasteiger partial charge is 0.243 e. The van der Waals surface area contributed by atoms with Crippen LogP contribution in [0, 0.1) is 6.92 Å². The van der Waals surface area contributed by atoms with Crippen LogP contribution in [0.5, 0.6) is 0 Å². The van der Waals surface area contributed by atoms with Crippen LogP contribution in [0.4, 0.5) is 5.69 Å². The van der Waals surface area contributed by atoms with E-state index in [2.05, 4.69) is 0 Å². The van der Waals surface area contributed by atoms with Gasteiger partial charge in [-0.2, -0.15) is 4.31 Å². The number of halogens is 1. The maximum atomic E-state index is 12.6.